The zero-order chi connectivity index (χ0) is 12.1. The minimum absolute atomic E-state index is 0.948. The van der Waals surface area contributed by atoms with Crippen molar-refractivity contribution in [1.82, 2.24) is 5.32 Å². The van der Waals surface area contributed by atoms with Crippen molar-refractivity contribution in [2.45, 2.75) is 13.0 Å². The summed E-state index contributed by atoms with van der Waals surface area (Å²) in [7, 11) is 0. The van der Waals surface area contributed by atoms with Crippen molar-refractivity contribution in [3.8, 4) is 0 Å². The van der Waals surface area contributed by atoms with E-state index in [0.717, 1.165) is 19.5 Å². The summed E-state index contributed by atoms with van der Waals surface area (Å²) in [5.41, 5.74) is 1.35. The Morgan fingerprint density at radius 2 is 1.88 bits per heavy atom. The normalized spacial score (nSPS) is 10.7. The third kappa shape index (κ3) is 4.69. The molecule has 2 rings (SSSR count). The van der Waals surface area contributed by atoms with Gasteiger partial charge in [0.1, 0.15) is 0 Å². The van der Waals surface area contributed by atoms with Gasteiger partial charge in [-0.15, -0.1) is 11.3 Å². The molecule has 0 radical (unpaired) electrons. The van der Waals surface area contributed by atoms with E-state index < -0.39 is 0 Å². The third-order valence-corrected chi connectivity index (χ3v) is 4.82. The summed E-state index contributed by atoms with van der Waals surface area (Å²) < 4.78 is 2.50. The summed E-state index contributed by atoms with van der Waals surface area (Å²) in [6, 6.07) is 12.9. The lowest BCUT2D eigenvalue weighted by molar-refractivity contribution is 0.690. The fraction of sp³-hybridized carbons (Fsp3) is 0.231. The molecule has 1 heterocycles. The van der Waals surface area contributed by atoms with Gasteiger partial charge in [0, 0.05) is 21.5 Å². The molecule has 0 amide bonds. The van der Waals surface area contributed by atoms with Gasteiger partial charge in [-0.2, -0.15) is 0 Å². The minimum Gasteiger partial charge on any atom is -0.312 e. The van der Waals surface area contributed by atoms with Gasteiger partial charge in [-0.1, -0.05) is 12.1 Å². The molecule has 0 spiro atoms. The van der Waals surface area contributed by atoms with Crippen LogP contribution in [-0.2, 0) is 13.0 Å². The second-order valence-electron chi connectivity index (χ2n) is 3.76. The van der Waals surface area contributed by atoms with E-state index in [1.807, 2.05) is 11.3 Å². The van der Waals surface area contributed by atoms with Crippen LogP contribution < -0.4 is 5.32 Å². The fourth-order valence-electron chi connectivity index (χ4n) is 1.53. The second kappa shape index (κ2) is 6.87. The zero-order valence-corrected chi connectivity index (χ0v) is 13.8. The number of benzene rings is 1. The predicted octanol–water partition coefficient (Wildman–Crippen LogP) is 4.45. The van der Waals surface area contributed by atoms with Crippen LogP contribution in [0.1, 0.15) is 10.4 Å². The maximum Gasteiger partial charge on any atom is 0.0701 e. The first-order chi connectivity index (χ1) is 8.24. The van der Waals surface area contributed by atoms with Gasteiger partial charge >= 0.3 is 0 Å². The van der Waals surface area contributed by atoms with E-state index in [9.17, 15) is 0 Å². The van der Waals surface area contributed by atoms with E-state index in [4.69, 9.17) is 0 Å². The van der Waals surface area contributed by atoms with Crippen molar-refractivity contribution in [3.05, 3.63) is 54.2 Å². The van der Waals surface area contributed by atoms with Crippen LogP contribution in [-0.4, -0.2) is 6.54 Å². The number of halogens is 2. The number of thiophene rings is 1. The van der Waals surface area contributed by atoms with Crippen molar-refractivity contribution in [2.75, 3.05) is 6.54 Å². The summed E-state index contributed by atoms with van der Waals surface area (Å²) in [4.78, 5) is 1.42. The molecule has 0 aliphatic heterocycles. The Hall–Kier alpha value is 0.0900. The molecule has 2 aromatic rings. The van der Waals surface area contributed by atoms with Gasteiger partial charge in [0.05, 0.1) is 3.79 Å². The van der Waals surface area contributed by atoms with Crippen molar-refractivity contribution < 1.29 is 0 Å². The Bertz CT molecular complexity index is 467. The molecule has 0 bridgehead atoms. The maximum absolute atomic E-state index is 3.48. The summed E-state index contributed by atoms with van der Waals surface area (Å²) in [6.45, 7) is 1.97. The van der Waals surface area contributed by atoms with Crippen LogP contribution in [0.5, 0.6) is 0 Å². The molecule has 0 atom stereocenters. The third-order valence-electron chi connectivity index (χ3n) is 2.42. The van der Waals surface area contributed by atoms with Crippen molar-refractivity contribution >= 4 is 49.9 Å². The van der Waals surface area contributed by atoms with Gasteiger partial charge in [0.2, 0.25) is 0 Å². The molecule has 1 N–H and O–H groups in total. The first-order valence-corrected chi connectivity index (χ1v) is 8.12. The van der Waals surface area contributed by atoms with Gasteiger partial charge in [-0.05, 0) is 74.8 Å². The molecule has 0 fully saturated rings. The molecule has 90 valence electrons. The maximum atomic E-state index is 3.48. The molecule has 0 saturated carbocycles. The van der Waals surface area contributed by atoms with Crippen LogP contribution in [0.25, 0.3) is 0 Å². The molecular formula is C13H13BrINS. The highest BCUT2D eigenvalue weighted by atomic mass is 127. The number of hydrogen-bond donors (Lipinski definition) is 1. The average Bonchev–Trinajstić information content (AvgIpc) is 2.73. The molecular weight excluding hydrogens is 409 g/mol. The Morgan fingerprint density at radius 3 is 2.53 bits per heavy atom. The topological polar surface area (TPSA) is 12.0 Å². The first-order valence-electron chi connectivity index (χ1n) is 5.43. The van der Waals surface area contributed by atoms with Crippen LogP contribution in [0.4, 0.5) is 0 Å². The Balaban J connectivity index is 1.71. The van der Waals surface area contributed by atoms with Crippen molar-refractivity contribution in [2.24, 2.45) is 0 Å². The molecule has 17 heavy (non-hydrogen) atoms. The highest BCUT2D eigenvalue weighted by molar-refractivity contribution is 14.1. The fourth-order valence-corrected chi connectivity index (χ4v) is 3.37. The quantitative estimate of drug-likeness (QED) is 0.555. The molecule has 1 aromatic carbocycles. The highest BCUT2D eigenvalue weighted by Crippen LogP contribution is 2.22. The molecule has 0 aliphatic rings. The molecule has 0 saturated heterocycles. The second-order valence-corrected chi connectivity index (χ2v) is 7.55. The Labute approximate surface area is 128 Å². The molecule has 0 aliphatic carbocycles. The standard InChI is InChI=1S/C13H13BrINS/c14-13-6-5-12(17-13)7-8-16-9-10-1-3-11(15)4-2-10/h1-6,16H,7-9H2. The molecule has 4 heteroatoms. The average molecular weight is 422 g/mol. The largest absolute Gasteiger partial charge is 0.312 e. The smallest absolute Gasteiger partial charge is 0.0701 e. The number of nitrogens with one attached hydrogen (secondary N) is 1. The Morgan fingerprint density at radius 1 is 1.12 bits per heavy atom. The van der Waals surface area contributed by atoms with Gasteiger partial charge in [-0.25, -0.2) is 0 Å². The van der Waals surface area contributed by atoms with Crippen LogP contribution in [0, 0.1) is 3.57 Å². The van der Waals surface area contributed by atoms with Crippen LogP contribution in [0.2, 0.25) is 0 Å². The van der Waals surface area contributed by atoms with E-state index in [1.165, 1.54) is 17.8 Å². The molecule has 0 unspecified atom stereocenters. The minimum atomic E-state index is 0.948. The van der Waals surface area contributed by atoms with Gasteiger partial charge in [-0.3, -0.25) is 0 Å². The number of rotatable bonds is 5. The van der Waals surface area contributed by atoms with Gasteiger partial charge < -0.3 is 5.32 Å². The lowest BCUT2D eigenvalue weighted by Crippen LogP contribution is -2.16. The number of hydrogen-bond acceptors (Lipinski definition) is 2. The molecule has 1 aromatic heterocycles. The Kier molecular flexibility index (Phi) is 5.47. The van der Waals surface area contributed by atoms with E-state index in [2.05, 4.69) is 80.2 Å². The highest BCUT2D eigenvalue weighted by Gasteiger charge is 1.97. The lowest BCUT2D eigenvalue weighted by atomic mass is 10.2. The van der Waals surface area contributed by atoms with Gasteiger partial charge in [0.25, 0.3) is 0 Å². The van der Waals surface area contributed by atoms with E-state index in [-0.39, 0.29) is 0 Å². The predicted molar refractivity (Wildman–Crippen MR) is 86.6 cm³/mol. The molecule has 1 nitrogen and oxygen atoms in total. The lowest BCUT2D eigenvalue weighted by Gasteiger charge is -2.04. The van der Waals surface area contributed by atoms with Gasteiger partial charge in [0.15, 0.2) is 0 Å². The SMILES string of the molecule is Brc1ccc(CCNCc2ccc(I)cc2)s1. The summed E-state index contributed by atoms with van der Waals surface area (Å²) in [5, 5.41) is 3.47. The zero-order valence-electron chi connectivity index (χ0n) is 9.25. The van der Waals surface area contributed by atoms with Crippen LogP contribution >= 0.6 is 49.9 Å². The van der Waals surface area contributed by atoms with E-state index in [0.29, 0.717) is 0 Å². The first kappa shape index (κ1) is 13.5. The summed E-state index contributed by atoms with van der Waals surface area (Å²) in [6.07, 6.45) is 1.10. The van der Waals surface area contributed by atoms with Crippen molar-refractivity contribution in [1.29, 1.82) is 0 Å². The van der Waals surface area contributed by atoms with Crippen LogP contribution in [0.15, 0.2) is 40.2 Å². The summed E-state index contributed by atoms with van der Waals surface area (Å²) in [5.74, 6) is 0. The van der Waals surface area contributed by atoms with E-state index >= 15 is 0 Å². The summed E-state index contributed by atoms with van der Waals surface area (Å²) >= 11 is 7.62. The van der Waals surface area contributed by atoms with Crippen LogP contribution in [0.3, 0.4) is 0 Å². The van der Waals surface area contributed by atoms with E-state index in [1.54, 1.807) is 0 Å². The van der Waals surface area contributed by atoms with Crippen molar-refractivity contribution in [3.63, 3.8) is 0 Å². The monoisotopic (exact) mass is 421 g/mol.